The first-order chi connectivity index (χ1) is 6.63. The van der Waals surface area contributed by atoms with Crippen molar-refractivity contribution in [2.45, 2.75) is 26.3 Å². The maximum Gasteiger partial charge on any atom is 0.0450 e. The third-order valence-corrected chi connectivity index (χ3v) is 2.24. The number of nitrogens with one attached hydrogen (secondary N) is 1. The third-order valence-electron chi connectivity index (χ3n) is 2.24. The number of hydrogen-bond donors (Lipinski definition) is 3. The maximum absolute atomic E-state index is 8.75. The van der Waals surface area contributed by atoms with E-state index >= 15 is 0 Å². The molecule has 0 heterocycles. The van der Waals surface area contributed by atoms with E-state index in [9.17, 15) is 0 Å². The van der Waals surface area contributed by atoms with Gasteiger partial charge in [0.2, 0.25) is 0 Å². The number of hydrogen-bond acceptors (Lipinski definition) is 3. The minimum absolute atomic E-state index is 0.210. The van der Waals surface area contributed by atoms with Crippen LogP contribution >= 0.6 is 0 Å². The minimum Gasteiger partial charge on any atom is -0.399 e. The Labute approximate surface area is 84.9 Å². The van der Waals surface area contributed by atoms with Crippen LogP contribution in [0.3, 0.4) is 0 Å². The highest BCUT2D eigenvalue weighted by molar-refractivity contribution is 5.56. The zero-order valence-corrected chi connectivity index (χ0v) is 8.75. The summed E-state index contributed by atoms with van der Waals surface area (Å²) in [5.74, 6) is 0. The molecule has 0 spiro atoms. The Morgan fingerprint density at radius 3 is 2.79 bits per heavy atom. The molecule has 3 heteroatoms. The van der Waals surface area contributed by atoms with Gasteiger partial charge in [0.15, 0.2) is 0 Å². The highest BCUT2D eigenvalue weighted by atomic mass is 16.3. The molecule has 1 aromatic carbocycles. The Kier molecular flexibility index (Phi) is 3.77. The highest BCUT2D eigenvalue weighted by Gasteiger charge is 2.01. The SMILES string of the molecule is Cc1cc(NC(C)CCO)ccc1N. The van der Waals surface area contributed by atoms with Crippen LogP contribution in [0.25, 0.3) is 0 Å². The molecule has 4 N–H and O–H groups in total. The van der Waals surface area contributed by atoms with Gasteiger partial charge in [-0.1, -0.05) is 0 Å². The van der Waals surface area contributed by atoms with Crippen molar-refractivity contribution in [2.75, 3.05) is 17.7 Å². The lowest BCUT2D eigenvalue weighted by Crippen LogP contribution is -2.16. The van der Waals surface area contributed by atoms with Gasteiger partial charge in [0.25, 0.3) is 0 Å². The second kappa shape index (κ2) is 4.86. The first-order valence-corrected chi connectivity index (χ1v) is 4.87. The Morgan fingerprint density at radius 2 is 2.21 bits per heavy atom. The molecule has 0 saturated heterocycles. The van der Waals surface area contributed by atoms with Crippen LogP contribution in [0.4, 0.5) is 11.4 Å². The average Bonchev–Trinajstić information content (AvgIpc) is 2.12. The van der Waals surface area contributed by atoms with Crippen molar-refractivity contribution in [1.82, 2.24) is 0 Å². The number of benzene rings is 1. The quantitative estimate of drug-likeness (QED) is 0.640. The second-order valence-corrected chi connectivity index (χ2v) is 3.63. The van der Waals surface area contributed by atoms with E-state index in [2.05, 4.69) is 5.32 Å². The van der Waals surface area contributed by atoms with E-state index in [1.165, 1.54) is 0 Å². The van der Waals surface area contributed by atoms with Crippen LogP contribution < -0.4 is 11.1 Å². The standard InChI is InChI=1S/C11H18N2O/c1-8-7-10(3-4-11(8)12)13-9(2)5-6-14/h3-4,7,9,13-14H,5-6,12H2,1-2H3. The highest BCUT2D eigenvalue weighted by Crippen LogP contribution is 2.17. The molecule has 0 fully saturated rings. The fourth-order valence-electron chi connectivity index (χ4n) is 1.32. The van der Waals surface area contributed by atoms with E-state index in [4.69, 9.17) is 10.8 Å². The van der Waals surface area contributed by atoms with Crippen molar-refractivity contribution < 1.29 is 5.11 Å². The zero-order valence-electron chi connectivity index (χ0n) is 8.75. The second-order valence-electron chi connectivity index (χ2n) is 3.63. The molecule has 14 heavy (non-hydrogen) atoms. The van der Waals surface area contributed by atoms with Crippen LogP contribution in [0.1, 0.15) is 18.9 Å². The number of aliphatic hydroxyl groups is 1. The van der Waals surface area contributed by atoms with Gasteiger partial charge < -0.3 is 16.2 Å². The van der Waals surface area contributed by atoms with Crippen LogP contribution in [0.5, 0.6) is 0 Å². The van der Waals surface area contributed by atoms with Crippen molar-refractivity contribution >= 4 is 11.4 Å². The van der Waals surface area contributed by atoms with E-state index in [-0.39, 0.29) is 12.6 Å². The summed E-state index contributed by atoms with van der Waals surface area (Å²) in [5, 5.41) is 12.0. The Bertz CT molecular complexity index is 299. The Balaban J connectivity index is 2.63. The smallest absolute Gasteiger partial charge is 0.0450 e. The zero-order chi connectivity index (χ0) is 10.6. The lowest BCUT2D eigenvalue weighted by Gasteiger charge is -2.14. The van der Waals surface area contributed by atoms with E-state index < -0.39 is 0 Å². The fraction of sp³-hybridized carbons (Fsp3) is 0.455. The van der Waals surface area contributed by atoms with Crippen LogP contribution in [0.2, 0.25) is 0 Å². The number of aliphatic hydroxyl groups excluding tert-OH is 1. The molecule has 1 unspecified atom stereocenters. The monoisotopic (exact) mass is 194 g/mol. The molecule has 0 aliphatic carbocycles. The van der Waals surface area contributed by atoms with Gasteiger partial charge in [-0.05, 0) is 44.0 Å². The van der Waals surface area contributed by atoms with Crippen LogP contribution in [0.15, 0.2) is 18.2 Å². The minimum atomic E-state index is 0.210. The van der Waals surface area contributed by atoms with Gasteiger partial charge in [0.05, 0.1) is 0 Å². The van der Waals surface area contributed by atoms with Gasteiger partial charge in [-0.25, -0.2) is 0 Å². The van der Waals surface area contributed by atoms with Crippen LogP contribution in [-0.4, -0.2) is 17.8 Å². The summed E-state index contributed by atoms with van der Waals surface area (Å²) in [6, 6.07) is 6.14. The predicted molar refractivity (Wildman–Crippen MR) is 60.4 cm³/mol. The molecule has 3 nitrogen and oxygen atoms in total. The van der Waals surface area contributed by atoms with Crippen molar-refractivity contribution in [2.24, 2.45) is 0 Å². The van der Waals surface area contributed by atoms with Gasteiger partial charge in [0.1, 0.15) is 0 Å². The molecule has 0 bridgehead atoms. The van der Waals surface area contributed by atoms with Crippen molar-refractivity contribution in [1.29, 1.82) is 0 Å². The van der Waals surface area contributed by atoms with E-state index in [1.807, 2.05) is 32.0 Å². The van der Waals surface area contributed by atoms with E-state index in [0.717, 1.165) is 23.4 Å². The molecular formula is C11H18N2O. The topological polar surface area (TPSA) is 58.3 Å². The Hall–Kier alpha value is -1.22. The van der Waals surface area contributed by atoms with Gasteiger partial charge in [-0.15, -0.1) is 0 Å². The van der Waals surface area contributed by atoms with Crippen LogP contribution in [0, 0.1) is 6.92 Å². The number of rotatable bonds is 4. The van der Waals surface area contributed by atoms with E-state index in [1.54, 1.807) is 0 Å². The van der Waals surface area contributed by atoms with Gasteiger partial charge in [0, 0.05) is 24.0 Å². The van der Waals surface area contributed by atoms with Crippen molar-refractivity contribution in [3.05, 3.63) is 23.8 Å². The maximum atomic E-state index is 8.75. The fourth-order valence-corrected chi connectivity index (χ4v) is 1.32. The number of nitrogen functional groups attached to an aromatic ring is 1. The van der Waals surface area contributed by atoms with Gasteiger partial charge >= 0.3 is 0 Å². The molecule has 0 aliphatic heterocycles. The normalized spacial score (nSPS) is 12.5. The molecule has 1 aromatic rings. The summed E-state index contributed by atoms with van der Waals surface area (Å²) in [4.78, 5) is 0. The lowest BCUT2D eigenvalue weighted by molar-refractivity contribution is 0.282. The van der Waals surface area contributed by atoms with Crippen LogP contribution in [-0.2, 0) is 0 Å². The van der Waals surface area contributed by atoms with Crippen molar-refractivity contribution in [3.8, 4) is 0 Å². The van der Waals surface area contributed by atoms with Crippen molar-refractivity contribution in [3.63, 3.8) is 0 Å². The first kappa shape index (κ1) is 10.9. The number of anilines is 2. The average molecular weight is 194 g/mol. The van der Waals surface area contributed by atoms with Gasteiger partial charge in [-0.2, -0.15) is 0 Å². The molecule has 0 amide bonds. The first-order valence-electron chi connectivity index (χ1n) is 4.87. The molecule has 0 aliphatic rings. The summed E-state index contributed by atoms with van der Waals surface area (Å²) in [6.45, 7) is 4.24. The molecule has 1 atom stereocenters. The summed E-state index contributed by atoms with van der Waals surface area (Å²) >= 11 is 0. The summed E-state index contributed by atoms with van der Waals surface area (Å²) < 4.78 is 0. The molecule has 78 valence electrons. The molecule has 0 aromatic heterocycles. The Morgan fingerprint density at radius 1 is 1.50 bits per heavy atom. The third kappa shape index (κ3) is 2.92. The summed E-state index contributed by atoms with van der Waals surface area (Å²) in [6.07, 6.45) is 0.753. The summed E-state index contributed by atoms with van der Waals surface area (Å²) in [7, 11) is 0. The predicted octanol–water partition coefficient (Wildman–Crippen LogP) is 1.76. The van der Waals surface area contributed by atoms with E-state index in [0.29, 0.717) is 0 Å². The number of nitrogens with two attached hydrogens (primary N) is 1. The molecule has 0 radical (unpaired) electrons. The largest absolute Gasteiger partial charge is 0.399 e. The van der Waals surface area contributed by atoms with Gasteiger partial charge in [-0.3, -0.25) is 0 Å². The molecule has 1 rings (SSSR count). The molecule has 0 saturated carbocycles. The number of aryl methyl sites for hydroxylation is 1. The lowest BCUT2D eigenvalue weighted by atomic mass is 10.1. The summed E-state index contributed by atoms with van der Waals surface area (Å²) in [5.41, 5.74) is 8.65. The molecular weight excluding hydrogens is 176 g/mol.